The molecule has 0 saturated heterocycles. The van der Waals surface area contributed by atoms with Gasteiger partial charge in [-0.05, 0) is 49.9 Å². The third-order valence-corrected chi connectivity index (χ3v) is 3.26. The zero-order valence-corrected chi connectivity index (χ0v) is 11.6. The maximum Gasteiger partial charge on any atom is 0.416 e. The molecular formula is C14H16F6O. The number of halogens is 6. The van der Waals surface area contributed by atoms with Crippen LogP contribution in [0.3, 0.4) is 0 Å². The molecule has 0 aromatic heterocycles. The number of hydrogen-bond donors (Lipinski definition) is 1. The van der Waals surface area contributed by atoms with E-state index in [0.717, 1.165) is 18.2 Å². The van der Waals surface area contributed by atoms with Gasteiger partial charge in [0.25, 0.3) is 0 Å². The van der Waals surface area contributed by atoms with Gasteiger partial charge in [0.15, 0.2) is 0 Å². The smallest absolute Gasteiger partial charge is 0.385 e. The first-order valence-electron chi connectivity index (χ1n) is 6.30. The van der Waals surface area contributed by atoms with Gasteiger partial charge in [0, 0.05) is 6.42 Å². The lowest BCUT2D eigenvalue weighted by atomic mass is 9.86. The van der Waals surface area contributed by atoms with E-state index in [4.69, 9.17) is 0 Å². The fourth-order valence-electron chi connectivity index (χ4n) is 2.21. The molecule has 0 amide bonds. The molecule has 1 aromatic rings. The number of aryl methyl sites for hydroxylation is 1. The summed E-state index contributed by atoms with van der Waals surface area (Å²) >= 11 is 0. The standard InChI is InChI=1S/C14H16F6O/c1-9-8-10(14(18,19)20)4-5-11(9)12(2,21)6-3-7-13(15,16)17/h4-5,8,21H,3,6-7H2,1-2H3. The summed E-state index contributed by atoms with van der Waals surface area (Å²) in [6.45, 7) is 2.70. The highest BCUT2D eigenvalue weighted by molar-refractivity contribution is 5.36. The molecule has 0 aliphatic carbocycles. The van der Waals surface area contributed by atoms with Crippen molar-refractivity contribution < 1.29 is 31.4 Å². The van der Waals surface area contributed by atoms with Gasteiger partial charge in [-0.15, -0.1) is 0 Å². The summed E-state index contributed by atoms with van der Waals surface area (Å²) < 4.78 is 73.9. The summed E-state index contributed by atoms with van der Waals surface area (Å²) in [5.74, 6) is 0. The van der Waals surface area contributed by atoms with Gasteiger partial charge >= 0.3 is 12.4 Å². The van der Waals surface area contributed by atoms with E-state index in [1.807, 2.05) is 0 Å². The predicted octanol–water partition coefficient (Wildman–Crippen LogP) is 4.95. The van der Waals surface area contributed by atoms with Crippen LogP contribution in [0.25, 0.3) is 0 Å². The van der Waals surface area contributed by atoms with Crippen molar-refractivity contribution in [1.29, 1.82) is 0 Å². The van der Waals surface area contributed by atoms with E-state index in [1.165, 1.54) is 13.8 Å². The van der Waals surface area contributed by atoms with Crippen LogP contribution in [0.2, 0.25) is 0 Å². The highest BCUT2D eigenvalue weighted by atomic mass is 19.4. The summed E-state index contributed by atoms with van der Waals surface area (Å²) in [6, 6.07) is 2.82. The van der Waals surface area contributed by atoms with E-state index in [9.17, 15) is 31.4 Å². The van der Waals surface area contributed by atoms with Gasteiger partial charge in [0.05, 0.1) is 11.2 Å². The maximum atomic E-state index is 12.5. The van der Waals surface area contributed by atoms with Gasteiger partial charge in [0.1, 0.15) is 0 Å². The zero-order chi connectivity index (χ0) is 16.5. The van der Waals surface area contributed by atoms with Crippen molar-refractivity contribution in [2.24, 2.45) is 0 Å². The lowest BCUT2D eigenvalue weighted by Gasteiger charge is -2.26. The monoisotopic (exact) mass is 314 g/mol. The van der Waals surface area contributed by atoms with Crippen LogP contribution in [0, 0.1) is 6.92 Å². The minimum absolute atomic E-state index is 0.182. The van der Waals surface area contributed by atoms with E-state index in [1.54, 1.807) is 0 Å². The second-order valence-electron chi connectivity index (χ2n) is 5.27. The molecule has 1 nitrogen and oxygen atoms in total. The number of benzene rings is 1. The van der Waals surface area contributed by atoms with Crippen LogP contribution in [0.5, 0.6) is 0 Å². The lowest BCUT2D eigenvalue weighted by molar-refractivity contribution is -0.139. The van der Waals surface area contributed by atoms with Crippen LogP contribution in [0.4, 0.5) is 26.3 Å². The lowest BCUT2D eigenvalue weighted by Crippen LogP contribution is -2.23. The third kappa shape index (κ3) is 5.22. The van der Waals surface area contributed by atoms with Crippen LogP contribution in [0.15, 0.2) is 18.2 Å². The van der Waals surface area contributed by atoms with Crippen molar-refractivity contribution in [3.05, 3.63) is 34.9 Å². The molecule has 21 heavy (non-hydrogen) atoms. The van der Waals surface area contributed by atoms with E-state index in [0.29, 0.717) is 0 Å². The summed E-state index contributed by atoms with van der Waals surface area (Å²) in [6.07, 6.45) is -10.3. The molecule has 0 fully saturated rings. The topological polar surface area (TPSA) is 20.2 Å². The molecule has 0 radical (unpaired) electrons. The SMILES string of the molecule is Cc1cc(C(F)(F)F)ccc1C(C)(O)CCCC(F)(F)F. The van der Waals surface area contributed by atoms with E-state index in [-0.39, 0.29) is 24.0 Å². The largest absolute Gasteiger partial charge is 0.416 e. The van der Waals surface area contributed by atoms with Crippen molar-refractivity contribution in [2.45, 2.75) is 51.1 Å². The first kappa shape index (κ1) is 17.8. The number of rotatable bonds is 4. The number of hydrogen-bond acceptors (Lipinski definition) is 1. The molecule has 0 spiro atoms. The van der Waals surface area contributed by atoms with Crippen molar-refractivity contribution in [3.8, 4) is 0 Å². The van der Waals surface area contributed by atoms with Gasteiger partial charge in [-0.1, -0.05) is 6.07 Å². The van der Waals surface area contributed by atoms with Crippen LogP contribution in [0.1, 0.15) is 42.9 Å². The molecule has 0 heterocycles. The fraction of sp³-hybridized carbons (Fsp3) is 0.571. The van der Waals surface area contributed by atoms with E-state index < -0.39 is 29.9 Å². The Morgan fingerprint density at radius 3 is 2.00 bits per heavy atom. The summed E-state index contributed by atoms with van der Waals surface area (Å²) in [4.78, 5) is 0. The minimum atomic E-state index is -4.49. The summed E-state index contributed by atoms with van der Waals surface area (Å²) in [5, 5.41) is 10.2. The summed E-state index contributed by atoms with van der Waals surface area (Å²) in [7, 11) is 0. The number of aliphatic hydroxyl groups is 1. The second-order valence-corrected chi connectivity index (χ2v) is 5.27. The molecular weight excluding hydrogens is 298 g/mol. The Kier molecular flexibility index (Phi) is 4.98. The van der Waals surface area contributed by atoms with Crippen LogP contribution in [-0.2, 0) is 11.8 Å². The van der Waals surface area contributed by atoms with Crippen LogP contribution < -0.4 is 0 Å². The average Bonchev–Trinajstić information content (AvgIpc) is 2.24. The fourth-order valence-corrected chi connectivity index (χ4v) is 2.21. The highest BCUT2D eigenvalue weighted by Gasteiger charge is 2.33. The molecule has 1 N–H and O–H groups in total. The van der Waals surface area contributed by atoms with Gasteiger partial charge in [-0.3, -0.25) is 0 Å². The molecule has 1 rings (SSSR count). The van der Waals surface area contributed by atoms with Gasteiger partial charge < -0.3 is 5.11 Å². The molecule has 1 aromatic carbocycles. The molecule has 0 aliphatic rings. The summed E-state index contributed by atoms with van der Waals surface area (Å²) in [5.41, 5.74) is -2.05. The Bertz CT molecular complexity index is 487. The minimum Gasteiger partial charge on any atom is -0.385 e. The molecule has 0 saturated carbocycles. The first-order chi connectivity index (χ1) is 9.33. The average molecular weight is 314 g/mol. The van der Waals surface area contributed by atoms with Crippen LogP contribution >= 0.6 is 0 Å². The quantitative estimate of drug-likeness (QED) is 0.779. The maximum absolute atomic E-state index is 12.5. The Hall–Kier alpha value is -1.24. The van der Waals surface area contributed by atoms with Gasteiger partial charge in [-0.25, -0.2) is 0 Å². The van der Waals surface area contributed by atoms with Gasteiger partial charge in [0.2, 0.25) is 0 Å². The van der Waals surface area contributed by atoms with Gasteiger partial charge in [-0.2, -0.15) is 26.3 Å². The first-order valence-corrected chi connectivity index (χ1v) is 6.30. The van der Waals surface area contributed by atoms with E-state index in [2.05, 4.69) is 0 Å². The Balaban J connectivity index is 2.88. The van der Waals surface area contributed by atoms with Crippen molar-refractivity contribution in [2.75, 3.05) is 0 Å². The zero-order valence-electron chi connectivity index (χ0n) is 11.6. The Morgan fingerprint density at radius 2 is 1.57 bits per heavy atom. The second kappa shape index (κ2) is 5.87. The normalized spacial score (nSPS) is 15.9. The Labute approximate surface area is 118 Å². The highest BCUT2D eigenvalue weighted by Crippen LogP contribution is 2.35. The van der Waals surface area contributed by atoms with Crippen molar-refractivity contribution in [1.82, 2.24) is 0 Å². The van der Waals surface area contributed by atoms with Crippen molar-refractivity contribution >= 4 is 0 Å². The van der Waals surface area contributed by atoms with Crippen molar-refractivity contribution in [3.63, 3.8) is 0 Å². The third-order valence-electron chi connectivity index (χ3n) is 3.26. The number of alkyl halides is 6. The molecule has 7 heteroatoms. The molecule has 0 bridgehead atoms. The van der Waals surface area contributed by atoms with Crippen LogP contribution in [-0.4, -0.2) is 11.3 Å². The predicted molar refractivity (Wildman–Crippen MR) is 65.7 cm³/mol. The molecule has 0 aliphatic heterocycles. The molecule has 1 unspecified atom stereocenters. The Morgan fingerprint density at radius 1 is 1.00 bits per heavy atom. The molecule has 1 atom stereocenters. The van der Waals surface area contributed by atoms with E-state index >= 15 is 0 Å². The molecule has 120 valence electrons.